The Labute approximate surface area is 135 Å². The minimum atomic E-state index is 0.0241. The van der Waals surface area contributed by atoms with E-state index in [4.69, 9.17) is 4.74 Å². The monoisotopic (exact) mass is 314 g/mol. The number of hydrogen-bond donors (Lipinski definition) is 1. The van der Waals surface area contributed by atoms with Gasteiger partial charge in [0.1, 0.15) is 0 Å². The maximum absolute atomic E-state index is 12.3. The summed E-state index contributed by atoms with van der Waals surface area (Å²) in [6, 6.07) is 3.60. The molecule has 6 heteroatoms. The highest BCUT2D eigenvalue weighted by atomic mass is 16.5. The van der Waals surface area contributed by atoms with Crippen molar-refractivity contribution in [3.63, 3.8) is 0 Å². The Balaban J connectivity index is 1.52. The van der Waals surface area contributed by atoms with Gasteiger partial charge in [-0.25, -0.2) is 4.98 Å². The normalized spacial score (nSPS) is 19.7. The predicted octanol–water partition coefficient (Wildman–Crippen LogP) is 2.59. The number of aryl methyl sites for hydroxylation is 1. The van der Waals surface area contributed by atoms with Crippen LogP contribution in [-0.4, -0.2) is 27.3 Å². The van der Waals surface area contributed by atoms with E-state index in [9.17, 15) is 4.79 Å². The molecule has 0 bridgehead atoms. The number of rotatable bonds is 6. The molecule has 0 spiro atoms. The predicted molar refractivity (Wildman–Crippen MR) is 87.3 cm³/mol. The first-order valence-electron chi connectivity index (χ1n) is 7.91. The van der Waals surface area contributed by atoms with E-state index in [1.165, 1.54) is 0 Å². The Hall–Kier alpha value is -2.37. The summed E-state index contributed by atoms with van der Waals surface area (Å²) < 4.78 is 7.30. The van der Waals surface area contributed by atoms with Gasteiger partial charge in [-0.15, -0.1) is 0 Å². The number of pyridine rings is 1. The molecule has 3 rings (SSSR count). The fraction of sp³-hybridized carbons (Fsp3) is 0.471. The van der Waals surface area contributed by atoms with Crippen molar-refractivity contribution in [3.05, 3.63) is 36.3 Å². The third-order valence-electron chi connectivity index (χ3n) is 3.85. The van der Waals surface area contributed by atoms with Gasteiger partial charge in [-0.2, -0.15) is 5.10 Å². The van der Waals surface area contributed by atoms with Gasteiger partial charge < -0.3 is 10.1 Å². The molecule has 2 aromatic rings. The summed E-state index contributed by atoms with van der Waals surface area (Å²) in [5.41, 5.74) is 1.83. The lowest BCUT2D eigenvalue weighted by Crippen LogP contribution is -2.14. The Morgan fingerprint density at radius 3 is 2.87 bits per heavy atom. The number of carbonyl (C=O) groups is 1. The molecule has 0 unspecified atom stereocenters. The highest BCUT2D eigenvalue weighted by Crippen LogP contribution is 2.47. The molecular weight excluding hydrogens is 292 g/mol. The number of anilines is 1. The molecule has 0 radical (unpaired) electrons. The zero-order valence-corrected chi connectivity index (χ0v) is 13.7. The molecule has 1 amide bonds. The second kappa shape index (κ2) is 6.40. The summed E-state index contributed by atoms with van der Waals surface area (Å²) in [6.45, 7) is 4.80. The molecule has 2 aromatic heterocycles. The first-order valence-corrected chi connectivity index (χ1v) is 7.91. The Bertz CT molecular complexity index is 678. The van der Waals surface area contributed by atoms with Gasteiger partial charge in [-0.1, -0.05) is 13.8 Å². The van der Waals surface area contributed by atoms with Crippen LogP contribution < -0.4 is 10.1 Å². The van der Waals surface area contributed by atoms with Crippen molar-refractivity contribution in [3.8, 4) is 5.88 Å². The van der Waals surface area contributed by atoms with Crippen LogP contribution in [0.4, 0.5) is 5.69 Å². The SMILES string of the molecule is CC(C)COc1ccc(NC(=O)[C@@H]2C[C@H]2c2cnn(C)c2)cn1. The Morgan fingerprint density at radius 1 is 1.43 bits per heavy atom. The van der Waals surface area contributed by atoms with Crippen molar-refractivity contribution in [2.75, 3.05) is 11.9 Å². The van der Waals surface area contributed by atoms with E-state index in [1.807, 2.05) is 25.5 Å². The maximum atomic E-state index is 12.3. The quantitative estimate of drug-likeness (QED) is 0.890. The number of nitrogens with one attached hydrogen (secondary N) is 1. The van der Waals surface area contributed by atoms with Crippen molar-refractivity contribution in [1.29, 1.82) is 0 Å². The molecule has 23 heavy (non-hydrogen) atoms. The van der Waals surface area contributed by atoms with Crippen LogP contribution in [0.3, 0.4) is 0 Å². The highest BCUT2D eigenvalue weighted by Gasteiger charge is 2.44. The molecule has 2 heterocycles. The Kier molecular flexibility index (Phi) is 4.32. The average molecular weight is 314 g/mol. The maximum Gasteiger partial charge on any atom is 0.228 e. The molecule has 1 aliphatic rings. The van der Waals surface area contributed by atoms with Crippen LogP contribution in [-0.2, 0) is 11.8 Å². The third kappa shape index (κ3) is 3.88. The van der Waals surface area contributed by atoms with E-state index in [1.54, 1.807) is 16.9 Å². The van der Waals surface area contributed by atoms with E-state index in [0.717, 1.165) is 12.0 Å². The number of nitrogens with zero attached hydrogens (tertiary/aromatic N) is 3. The molecule has 1 N–H and O–H groups in total. The fourth-order valence-corrected chi connectivity index (χ4v) is 2.51. The summed E-state index contributed by atoms with van der Waals surface area (Å²) in [5, 5.41) is 7.07. The summed E-state index contributed by atoms with van der Waals surface area (Å²) in [6.07, 6.45) is 6.32. The van der Waals surface area contributed by atoms with Crippen LogP contribution in [0.15, 0.2) is 30.7 Å². The molecule has 0 aliphatic heterocycles. The zero-order chi connectivity index (χ0) is 16.4. The van der Waals surface area contributed by atoms with E-state index in [-0.39, 0.29) is 17.7 Å². The Morgan fingerprint density at radius 2 is 2.26 bits per heavy atom. The van der Waals surface area contributed by atoms with Crippen LogP contribution in [0.5, 0.6) is 5.88 Å². The van der Waals surface area contributed by atoms with E-state index < -0.39 is 0 Å². The largest absolute Gasteiger partial charge is 0.477 e. The lowest BCUT2D eigenvalue weighted by Gasteiger charge is -2.08. The number of ether oxygens (including phenoxy) is 1. The number of amides is 1. The first kappa shape index (κ1) is 15.5. The van der Waals surface area contributed by atoms with E-state index in [0.29, 0.717) is 24.1 Å². The van der Waals surface area contributed by atoms with Crippen LogP contribution >= 0.6 is 0 Å². The molecule has 0 saturated heterocycles. The number of aromatic nitrogens is 3. The van der Waals surface area contributed by atoms with Gasteiger partial charge in [0, 0.05) is 25.2 Å². The lowest BCUT2D eigenvalue weighted by atomic mass is 10.2. The lowest BCUT2D eigenvalue weighted by molar-refractivity contribution is -0.117. The van der Waals surface area contributed by atoms with E-state index in [2.05, 4.69) is 29.2 Å². The smallest absolute Gasteiger partial charge is 0.228 e. The molecule has 122 valence electrons. The summed E-state index contributed by atoms with van der Waals surface area (Å²) >= 11 is 0. The molecule has 6 nitrogen and oxygen atoms in total. The zero-order valence-electron chi connectivity index (χ0n) is 13.7. The second-order valence-electron chi connectivity index (χ2n) is 6.48. The highest BCUT2D eigenvalue weighted by molar-refractivity contribution is 5.95. The minimum Gasteiger partial charge on any atom is -0.477 e. The van der Waals surface area contributed by atoms with Gasteiger partial charge in [0.05, 0.1) is 24.7 Å². The molecule has 2 atom stereocenters. The summed E-state index contributed by atoms with van der Waals surface area (Å²) in [4.78, 5) is 16.5. The van der Waals surface area contributed by atoms with Gasteiger partial charge in [-0.05, 0) is 29.9 Å². The van der Waals surface area contributed by atoms with Crippen molar-refractivity contribution >= 4 is 11.6 Å². The van der Waals surface area contributed by atoms with Crippen LogP contribution in [0, 0.1) is 11.8 Å². The summed E-state index contributed by atoms with van der Waals surface area (Å²) in [5.74, 6) is 1.38. The van der Waals surface area contributed by atoms with Crippen LogP contribution in [0.2, 0.25) is 0 Å². The number of carbonyl (C=O) groups excluding carboxylic acids is 1. The van der Waals surface area contributed by atoms with Gasteiger partial charge >= 0.3 is 0 Å². The standard InChI is InChI=1S/C17H22N4O2/c1-11(2)10-23-16-5-4-13(8-18-16)20-17(22)15-6-14(15)12-7-19-21(3)9-12/h4-5,7-9,11,14-15H,6,10H2,1-3H3,(H,20,22)/t14-,15+/m0/s1. The van der Waals surface area contributed by atoms with Gasteiger partial charge in [0.25, 0.3) is 0 Å². The fourth-order valence-electron chi connectivity index (χ4n) is 2.51. The summed E-state index contributed by atoms with van der Waals surface area (Å²) in [7, 11) is 1.88. The van der Waals surface area contributed by atoms with Crippen molar-refractivity contribution in [1.82, 2.24) is 14.8 Å². The second-order valence-corrected chi connectivity index (χ2v) is 6.48. The van der Waals surface area contributed by atoms with Gasteiger partial charge in [0.15, 0.2) is 0 Å². The van der Waals surface area contributed by atoms with Crippen molar-refractivity contribution < 1.29 is 9.53 Å². The molecule has 1 saturated carbocycles. The first-order chi connectivity index (χ1) is 11.0. The van der Waals surface area contributed by atoms with Crippen molar-refractivity contribution in [2.45, 2.75) is 26.2 Å². The molecule has 1 aliphatic carbocycles. The average Bonchev–Trinajstić information content (AvgIpc) is 3.21. The molecule has 0 aromatic carbocycles. The van der Waals surface area contributed by atoms with Crippen LogP contribution in [0.1, 0.15) is 31.7 Å². The van der Waals surface area contributed by atoms with Crippen molar-refractivity contribution in [2.24, 2.45) is 18.9 Å². The third-order valence-corrected chi connectivity index (χ3v) is 3.85. The number of hydrogen-bond acceptors (Lipinski definition) is 4. The minimum absolute atomic E-state index is 0.0241. The topological polar surface area (TPSA) is 69.0 Å². The molecular formula is C17H22N4O2. The van der Waals surface area contributed by atoms with Gasteiger partial charge in [0.2, 0.25) is 11.8 Å². The van der Waals surface area contributed by atoms with Crippen LogP contribution in [0.25, 0.3) is 0 Å². The van der Waals surface area contributed by atoms with E-state index >= 15 is 0 Å². The van der Waals surface area contributed by atoms with Gasteiger partial charge in [-0.3, -0.25) is 9.48 Å². The molecule has 1 fully saturated rings.